The number of fused-ring (bicyclic) bond motifs is 1. The summed E-state index contributed by atoms with van der Waals surface area (Å²) in [5.74, 6) is 0.408. The first kappa shape index (κ1) is 17.3. The van der Waals surface area contributed by atoms with Crippen LogP contribution < -0.4 is 16.7 Å². The van der Waals surface area contributed by atoms with Crippen molar-refractivity contribution < 1.29 is 4.79 Å². The molecule has 6 heteroatoms. The number of nitrogens with two attached hydrogens (primary N) is 1. The molecule has 1 amide bonds. The highest BCUT2D eigenvalue weighted by Crippen LogP contribution is 2.12. The molecule has 0 aliphatic heterocycles. The van der Waals surface area contributed by atoms with Crippen LogP contribution in [0.25, 0.3) is 11.0 Å². The van der Waals surface area contributed by atoms with Gasteiger partial charge in [-0.2, -0.15) is 0 Å². The summed E-state index contributed by atoms with van der Waals surface area (Å²) < 4.78 is 3.25. The van der Waals surface area contributed by atoms with Crippen LogP contribution in [0.15, 0.2) is 29.1 Å². The van der Waals surface area contributed by atoms with Gasteiger partial charge in [0.25, 0.3) is 0 Å². The minimum atomic E-state index is -0.100. The molecule has 0 bridgehead atoms. The number of aromatic nitrogens is 2. The number of nitrogens with one attached hydrogen (secondary N) is 1. The number of carbonyl (C=O) groups is 1. The lowest BCUT2D eigenvalue weighted by molar-refractivity contribution is -0.122. The average Bonchev–Trinajstić information content (AvgIpc) is 2.76. The van der Waals surface area contributed by atoms with Crippen LogP contribution in [-0.4, -0.2) is 27.6 Å². The molecule has 0 saturated heterocycles. The van der Waals surface area contributed by atoms with E-state index >= 15 is 0 Å². The van der Waals surface area contributed by atoms with Gasteiger partial charge in [0.15, 0.2) is 0 Å². The van der Waals surface area contributed by atoms with Gasteiger partial charge < -0.3 is 11.1 Å². The highest BCUT2D eigenvalue weighted by atomic mass is 16.2. The summed E-state index contributed by atoms with van der Waals surface area (Å²) in [4.78, 5) is 24.4. The molecule has 0 aliphatic carbocycles. The third-order valence-electron chi connectivity index (χ3n) is 4.02. The predicted molar refractivity (Wildman–Crippen MR) is 92.2 cm³/mol. The molecule has 2 aromatic rings. The topological polar surface area (TPSA) is 82.1 Å². The van der Waals surface area contributed by atoms with E-state index in [1.165, 1.54) is 0 Å². The van der Waals surface area contributed by atoms with Crippen molar-refractivity contribution >= 4 is 16.9 Å². The van der Waals surface area contributed by atoms with Gasteiger partial charge in [-0.05, 0) is 24.5 Å². The molecule has 1 atom stereocenters. The van der Waals surface area contributed by atoms with Gasteiger partial charge in [0.05, 0.1) is 11.0 Å². The molecule has 3 N–H and O–H groups in total. The Labute approximate surface area is 136 Å². The lowest BCUT2D eigenvalue weighted by Gasteiger charge is -2.18. The maximum atomic E-state index is 12.3. The van der Waals surface area contributed by atoms with Gasteiger partial charge in [0.2, 0.25) is 5.91 Å². The van der Waals surface area contributed by atoms with Crippen molar-refractivity contribution in [3.8, 4) is 0 Å². The standard InChI is InChI=1S/C17H26N4O2/c1-12(2)10-13(11-18)19-16(22)8-9-21-15-7-5-4-6-14(15)20(3)17(21)23/h4-7,12-13H,8-11,18H2,1-3H3,(H,19,22). The van der Waals surface area contributed by atoms with Gasteiger partial charge >= 0.3 is 5.69 Å². The van der Waals surface area contributed by atoms with Crippen molar-refractivity contribution in [2.24, 2.45) is 18.7 Å². The van der Waals surface area contributed by atoms with E-state index in [-0.39, 0.29) is 24.1 Å². The number of imidazole rings is 1. The minimum absolute atomic E-state index is 0.00765. The maximum Gasteiger partial charge on any atom is 0.328 e. The van der Waals surface area contributed by atoms with Gasteiger partial charge in [-0.15, -0.1) is 0 Å². The first-order chi connectivity index (χ1) is 10.9. The van der Waals surface area contributed by atoms with Crippen LogP contribution in [0.3, 0.4) is 0 Å². The highest BCUT2D eigenvalue weighted by Gasteiger charge is 2.14. The lowest BCUT2D eigenvalue weighted by Crippen LogP contribution is -2.41. The minimum Gasteiger partial charge on any atom is -0.352 e. The lowest BCUT2D eigenvalue weighted by atomic mass is 10.0. The number of carbonyl (C=O) groups excluding carboxylic acids is 1. The number of rotatable bonds is 7. The second kappa shape index (κ2) is 7.46. The van der Waals surface area contributed by atoms with Gasteiger partial charge in [-0.3, -0.25) is 13.9 Å². The molecule has 1 unspecified atom stereocenters. The number of para-hydroxylation sites is 2. The van der Waals surface area contributed by atoms with Crippen LogP contribution in [0.4, 0.5) is 0 Å². The van der Waals surface area contributed by atoms with Gasteiger partial charge in [-0.25, -0.2) is 4.79 Å². The predicted octanol–water partition coefficient (Wildman–Crippen LogP) is 1.22. The van der Waals surface area contributed by atoms with E-state index < -0.39 is 0 Å². The van der Waals surface area contributed by atoms with Crippen molar-refractivity contribution in [2.75, 3.05) is 6.54 Å². The fourth-order valence-corrected chi connectivity index (χ4v) is 2.88. The molecule has 0 fully saturated rings. The second-order valence-electron chi connectivity index (χ2n) is 6.36. The number of amides is 1. The zero-order chi connectivity index (χ0) is 17.0. The normalized spacial score (nSPS) is 12.7. The van der Waals surface area contributed by atoms with E-state index in [0.717, 1.165) is 17.5 Å². The molecule has 0 spiro atoms. The Kier molecular flexibility index (Phi) is 5.60. The quantitative estimate of drug-likeness (QED) is 0.805. The van der Waals surface area contributed by atoms with E-state index in [2.05, 4.69) is 19.2 Å². The molecule has 126 valence electrons. The van der Waals surface area contributed by atoms with E-state index in [4.69, 9.17) is 5.73 Å². The molecular weight excluding hydrogens is 292 g/mol. The van der Waals surface area contributed by atoms with Crippen molar-refractivity contribution in [2.45, 2.75) is 39.3 Å². The van der Waals surface area contributed by atoms with Crippen LogP contribution in [0.1, 0.15) is 26.7 Å². The summed E-state index contributed by atoms with van der Waals surface area (Å²) in [6.45, 7) is 5.00. The molecule has 23 heavy (non-hydrogen) atoms. The summed E-state index contributed by atoms with van der Waals surface area (Å²) in [7, 11) is 1.74. The van der Waals surface area contributed by atoms with Crippen molar-refractivity contribution in [1.82, 2.24) is 14.5 Å². The van der Waals surface area contributed by atoms with E-state index in [1.807, 2.05) is 24.3 Å². The van der Waals surface area contributed by atoms with Crippen LogP contribution >= 0.6 is 0 Å². The van der Waals surface area contributed by atoms with Crippen molar-refractivity contribution in [1.29, 1.82) is 0 Å². The zero-order valence-electron chi connectivity index (χ0n) is 14.1. The van der Waals surface area contributed by atoms with Gasteiger partial charge in [0.1, 0.15) is 0 Å². The van der Waals surface area contributed by atoms with Crippen LogP contribution in [0, 0.1) is 5.92 Å². The summed E-state index contributed by atoms with van der Waals surface area (Å²) in [6.07, 6.45) is 1.12. The Hall–Kier alpha value is -2.08. The maximum absolute atomic E-state index is 12.3. The molecular formula is C17H26N4O2. The number of hydrogen-bond acceptors (Lipinski definition) is 3. The van der Waals surface area contributed by atoms with Gasteiger partial charge in [-0.1, -0.05) is 26.0 Å². The average molecular weight is 318 g/mol. The summed E-state index contributed by atoms with van der Waals surface area (Å²) >= 11 is 0. The fraction of sp³-hybridized carbons (Fsp3) is 0.529. The Morgan fingerprint density at radius 3 is 2.52 bits per heavy atom. The summed E-state index contributed by atoms with van der Waals surface area (Å²) in [5, 5.41) is 2.96. The summed E-state index contributed by atoms with van der Waals surface area (Å²) in [6, 6.07) is 7.59. The first-order valence-corrected chi connectivity index (χ1v) is 8.07. The van der Waals surface area contributed by atoms with Gasteiger partial charge in [0, 0.05) is 32.6 Å². The highest BCUT2D eigenvalue weighted by molar-refractivity contribution is 5.78. The van der Waals surface area contributed by atoms with E-state index in [1.54, 1.807) is 16.2 Å². The number of hydrogen-bond donors (Lipinski definition) is 2. The first-order valence-electron chi connectivity index (χ1n) is 8.07. The third-order valence-corrected chi connectivity index (χ3v) is 4.02. The molecule has 1 heterocycles. The monoisotopic (exact) mass is 318 g/mol. The number of benzene rings is 1. The van der Waals surface area contributed by atoms with Crippen molar-refractivity contribution in [3.63, 3.8) is 0 Å². The molecule has 0 saturated carbocycles. The fourth-order valence-electron chi connectivity index (χ4n) is 2.88. The van der Waals surface area contributed by atoms with E-state index in [0.29, 0.717) is 19.0 Å². The van der Waals surface area contributed by atoms with Crippen LogP contribution in [-0.2, 0) is 18.4 Å². The largest absolute Gasteiger partial charge is 0.352 e. The molecule has 1 aromatic heterocycles. The Bertz CT molecular complexity index is 730. The zero-order valence-corrected chi connectivity index (χ0v) is 14.1. The molecule has 0 aliphatic rings. The van der Waals surface area contributed by atoms with E-state index in [9.17, 15) is 9.59 Å². The smallest absolute Gasteiger partial charge is 0.328 e. The summed E-state index contributed by atoms with van der Waals surface area (Å²) in [5.41, 5.74) is 7.33. The SMILES string of the molecule is CC(C)CC(CN)NC(=O)CCn1c(=O)n(C)c2ccccc21. The molecule has 1 aromatic carbocycles. The Morgan fingerprint density at radius 2 is 1.91 bits per heavy atom. The van der Waals surface area contributed by atoms with Crippen LogP contribution in [0.2, 0.25) is 0 Å². The third kappa shape index (κ3) is 4.01. The van der Waals surface area contributed by atoms with Crippen LogP contribution in [0.5, 0.6) is 0 Å². The molecule has 2 rings (SSSR count). The number of nitrogens with zero attached hydrogens (tertiary/aromatic N) is 2. The Morgan fingerprint density at radius 1 is 1.26 bits per heavy atom. The molecule has 6 nitrogen and oxygen atoms in total. The Balaban J connectivity index is 2.05. The number of aryl methyl sites for hydroxylation is 2. The second-order valence-corrected chi connectivity index (χ2v) is 6.36. The molecule has 0 radical (unpaired) electrons. The van der Waals surface area contributed by atoms with Crippen molar-refractivity contribution in [3.05, 3.63) is 34.7 Å².